The molecule has 0 saturated heterocycles. The normalized spacial score (nSPS) is 14.4. The van der Waals surface area contributed by atoms with Crippen molar-refractivity contribution < 1.29 is 18.0 Å². The van der Waals surface area contributed by atoms with E-state index in [1.54, 1.807) is 42.5 Å². The number of nitrogens with one attached hydrogen (secondary N) is 1. The number of hydrogen-bond acceptors (Lipinski definition) is 4. The summed E-state index contributed by atoms with van der Waals surface area (Å²) in [5, 5.41) is 3.83. The van der Waals surface area contributed by atoms with Crippen molar-refractivity contribution in [3.8, 4) is 0 Å². The van der Waals surface area contributed by atoms with Crippen LogP contribution in [0, 0.1) is 0 Å². The molecule has 0 aliphatic heterocycles. The van der Waals surface area contributed by atoms with Crippen LogP contribution in [0.1, 0.15) is 36.8 Å². The fourth-order valence-corrected chi connectivity index (χ4v) is 6.55. The molecule has 1 saturated carbocycles. The summed E-state index contributed by atoms with van der Waals surface area (Å²) in [5.41, 5.74) is 1.87. The molecule has 1 aliphatic carbocycles. The van der Waals surface area contributed by atoms with Crippen molar-refractivity contribution in [1.29, 1.82) is 0 Å². The average molecular weight is 681 g/mol. The van der Waals surface area contributed by atoms with Gasteiger partial charge in [0.15, 0.2) is 0 Å². The molecule has 7 nitrogen and oxygen atoms in total. The van der Waals surface area contributed by atoms with Crippen molar-refractivity contribution in [2.75, 3.05) is 17.1 Å². The van der Waals surface area contributed by atoms with Crippen molar-refractivity contribution in [2.24, 2.45) is 0 Å². The second kappa shape index (κ2) is 14.1. The van der Waals surface area contributed by atoms with Gasteiger partial charge in [-0.25, -0.2) is 8.42 Å². The first kappa shape index (κ1) is 31.3. The zero-order valence-corrected chi connectivity index (χ0v) is 26.5. The van der Waals surface area contributed by atoms with E-state index >= 15 is 0 Å². The molecule has 0 aromatic heterocycles. The molecule has 3 aromatic rings. The van der Waals surface area contributed by atoms with Gasteiger partial charge in [-0.2, -0.15) is 0 Å². The molecule has 11 heteroatoms. The van der Waals surface area contributed by atoms with Crippen LogP contribution in [-0.2, 0) is 32.6 Å². The first-order valence-electron chi connectivity index (χ1n) is 13.3. The van der Waals surface area contributed by atoms with E-state index in [0.717, 1.165) is 41.8 Å². The van der Waals surface area contributed by atoms with E-state index in [9.17, 15) is 18.0 Å². The lowest BCUT2D eigenvalue weighted by Gasteiger charge is -2.34. The number of anilines is 1. The molecule has 1 atom stereocenters. The maximum Gasteiger partial charge on any atom is 0.244 e. The quantitative estimate of drug-likeness (QED) is 0.261. The minimum Gasteiger partial charge on any atom is -0.352 e. The number of rotatable bonds is 11. The summed E-state index contributed by atoms with van der Waals surface area (Å²) in [5.74, 6) is -0.800. The lowest BCUT2D eigenvalue weighted by molar-refractivity contribution is -0.140. The van der Waals surface area contributed by atoms with E-state index in [1.807, 2.05) is 30.3 Å². The van der Waals surface area contributed by atoms with Gasteiger partial charge in [-0.05, 0) is 54.3 Å². The Balaban J connectivity index is 1.74. The number of sulfonamides is 1. The fraction of sp³-hybridized carbons (Fsp3) is 0.333. The zero-order chi connectivity index (χ0) is 29.6. The number of benzene rings is 3. The number of amides is 2. The number of carbonyl (C=O) groups excluding carboxylic acids is 2. The van der Waals surface area contributed by atoms with Gasteiger partial charge in [-0.15, -0.1) is 0 Å². The highest BCUT2D eigenvalue weighted by molar-refractivity contribution is 9.10. The Morgan fingerprint density at radius 3 is 2.29 bits per heavy atom. The maximum absolute atomic E-state index is 14.2. The van der Waals surface area contributed by atoms with Gasteiger partial charge in [0.05, 0.1) is 22.0 Å². The topological polar surface area (TPSA) is 86.8 Å². The van der Waals surface area contributed by atoms with Gasteiger partial charge >= 0.3 is 0 Å². The summed E-state index contributed by atoms with van der Waals surface area (Å²) in [6.45, 7) is -0.458. The molecule has 2 amide bonds. The van der Waals surface area contributed by atoms with Crippen LogP contribution in [-0.4, -0.2) is 50.0 Å². The Morgan fingerprint density at radius 2 is 1.66 bits per heavy atom. The third-order valence-electron chi connectivity index (χ3n) is 7.08. The van der Waals surface area contributed by atoms with Crippen molar-refractivity contribution >= 4 is 66.7 Å². The van der Waals surface area contributed by atoms with Crippen LogP contribution >= 0.6 is 39.1 Å². The Hall–Kier alpha value is -2.59. The van der Waals surface area contributed by atoms with Gasteiger partial charge in [0.25, 0.3) is 0 Å². The van der Waals surface area contributed by atoms with Crippen molar-refractivity contribution in [2.45, 2.75) is 50.7 Å². The Bertz CT molecular complexity index is 1480. The summed E-state index contributed by atoms with van der Waals surface area (Å²) in [4.78, 5) is 29.5. The monoisotopic (exact) mass is 679 g/mol. The Labute approximate surface area is 260 Å². The third-order valence-corrected chi connectivity index (χ3v) is 9.46. The van der Waals surface area contributed by atoms with Gasteiger partial charge in [-0.1, -0.05) is 94.4 Å². The standard InChI is InChI=1S/C30H32BrCl2N3O4S/c1-41(39,40)36(25-13-7-10-23(31)18-25)20-29(37)35(19-22-14-15-26(32)27(33)16-22)28(17-21-8-3-2-4-9-21)30(38)34-24-11-5-6-12-24/h2-4,7-10,13-16,18,24,28H,5-6,11-12,17,19-20H2,1H3,(H,34,38)/t28-/m1/s1. The molecule has 0 bridgehead atoms. The van der Waals surface area contributed by atoms with Crippen LogP contribution in [0.5, 0.6) is 0 Å². The highest BCUT2D eigenvalue weighted by Gasteiger charge is 2.34. The van der Waals surface area contributed by atoms with Crippen molar-refractivity contribution in [1.82, 2.24) is 10.2 Å². The predicted molar refractivity (Wildman–Crippen MR) is 168 cm³/mol. The molecule has 218 valence electrons. The maximum atomic E-state index is 14.2. The molecule has 0 spiro atoms. The van der Waals surface area contributed by atoms with E-state index in [-0.39, 0.29) is 24.9 Å². The van der Waals surface area contributed by atoms with Crippen LogP contribution in [0.15, 0.2) is 77.3 Å². The summed E-state index contributed by atoms with van der Waals surface area (Å²) in [7, 11) is -3.85. The molecule has 1 aliphatic rings. The van der Waals surface area contributed by atoms with Crippen LogP contribution in [0.3, 0.4) is 0 Å². The second-order valence-corrected chi connectivity index (χ2v) is 13.9. The van der Waals surface area contributed by atoms with Crippen LogP contribution in [0.4, 0.5) is 5.69 Å². The minimum atomic E-state index is -3.85. The van der Waals surface area contributed by atoms with E-state index in [2.05, 4.69) is 21.2 Å². The molecular formula is C30H32BrCl2N3O4S. The predicted octanol–water partition coefficient (Wildman–Crippen LogP) is 6.22. The minimum absolute atomic E-state index is 0.0292. The van der Waals surface area contributed by atoms with E-state index in [0.29, 0.717) is 25.8 Å². The zero-order valence-electron chi connectivity index (χ0n) is 22.6. The lowest BCUT2D eigenvalue weighted by atomic mass is 10.0. The molecule has 1 N–H and O–H groups in total. The van der Waals surface area contributed by atoms with Crippen LogP contribution in [0.25, 0.3) is 0 Å². The van der Waals surface area contributed by atoms with E-state index in [1.165, 1.54) is 4.90 Å². The average Bonchev–Trinajstić information content (AvgIpc) is 3.44. The molecule has 0 radical (unpaired) electrons. The third kappa shape index (κ3) is 8.70. The number of carbonyl (C=O) groups is 2. The van der Waals surface area contributed by atoms with E-state index < -0.39 is 28.5 Å². The van der Waals surface area contributed by atoms with Crippen LogP contribution in [0.2, 0.25) is 10.0 Å². The summed E-state index contributed by atoms with van der Waals surface area (Å²) >= 11 is 15.8. The molecule has 0 heterocycles. The Kier molecular flexibility index (Phi) is 10.7. The fourth-order valence-electron chi connectivity index (χ4n) is 5.00. The van der Waals surface area contributed by atoms with Gasteiger partial charge in [0.2, 0.25) is 21.8 Å². The number of hydrogen-bond donors (Lipinski definition) is 1. The summed E-state index contributed by atoms with van der Waals surface area (Å²) < 4.78 is 27.5. The van der Waals surface area contributed by atoms with Crippen LogP contribution < -0.4 is 9.62 Å². The van der Waals surface area contributed by atoms with Gasteiger partial charge in [0.1, 0.15) is 12.6 Å². The van der Waals surface area contributed by atoms with Crippen molar-refractivity contribution in [3.63, 3.8) is 0 Å². The first-order valence-corrected chi connectivity index (χ1v) is 16.7. The molecule has 3 aromatic carbocycles. The van der Waals surface area contributed by atoms with Gasteiger partial charge in [-0.3, -0.25) is 13.9 Å². The first-order chi connectivity index (χ1) is 19.5. The number of nitrogens with zero attached hydrogens (tertiary/aromatic N) is 2. The molecule has 4 rings (SSSR count). The SMILES string of the molecule is CS(=O)(=O)N(CC(=O)N(Cc1ccc(Cl)c(Cl)c1)[C@H](Cc1ccccc1)C(=O)NC1CCCC1)c1cccc(Br)c1. The Morgan fingerprint density at radius 1 is 0.951 bits per heavy atom. The molecular weight excluding hydrogens is 649 g/mol. The van der Waals surface area contributed by atoms with Gasteiger partial charge < -0.3 is 10.2 Å². The van der Waals surface area contributed by atoms with E-state index in [4.69, 9.17) is 23.2 Å². The molecule has 41 heavy (non-hydrogen) atoms. The second-order valence-electron chi connectivity index (χ2n) is 10.2. The number of halogens is 3. The van der Waals surface area contributed by atoms with Gasteiger partial charge in [0, 0.05) is 23.5 Å². The highest BCUT2D eigenvalue weighted by atomic mass is 79.9. The highest BCUT2D eigenvalue weighted by Crippen LogP contribution is 2.26. The molecule has 1 fully saturated rings. The largest absolute Gasteiger partial charge is 0.352 e. The smallest absolute Gasteiger partial charge is 0.244 e. The lowest BCUT2D eigenvalue weighted by Crippen LogP contribution is -2.54. The van der Waals surface area contributed by atoms with Crippen molar-refractivity contribution in [3.05, 3.63) is 98.4 Å². The summed E-state index contributed by atoms with van der Waals surface area (Å²) in [6.07, 6.45) is 5.15. The molecule has 0 unspecified atom stereocenters. The summed E-state index contributed by atoms with van der Waals surface area (Å²) in [6, 6.07) is 20.3.